The highest BCUT2D eigenvalue weighted by Crippen LogP contribution is 2.17. The maximum absolute atomic E-state index is 12.1. The van der Waals surface area contributed by atoms with Crippen molar-refractivity contribution in [1.82, 2.24) is 4.90 Å². The minimum atomic E-state index is -0.0284. The molecule has 0 saturated carbocycles. The summed E-state index contributed by atoms with van der Waals surface area (Å²) < 4.78 is 0. The lowest BCUT2D eigenvalue weighted by Gasteiger charge is -2.35. The molecule has 0 radical (unpaired) electrons. The molecule has 0 bridgehead atoms. The van der Waals surface area contributed by atoms with E-state index in [1.54, 1.807) is 0 Å². The van der Waals surface area contributed by atoms with Crippen LogP contribution in [0.2, 0.25) is 0 Å². The Morgan fingerprint density at radius 1 is 1.50 bits per heavy atom. The summed E-state index contributed by atoms with van der Waals surface area (Å²) in [5, 5.41) is 2.93. The van der Waals surface area contributed by atoms with E-state index in [0.29, 0.717) is 5.92 Å². The summed E-state index contributed by atoms with van der Waals surface area (Å²) in [4.78, 5) is 13.9. The van der Waals surface area contributed by atoms with Gasteiger partial charge in [-0.2, -0.15) is 0 Å². The van der Waals surface area contributed by atoms with Crippen LogP contribution in [-0.4, -0.2) is 30.1 Å². The number of carbonyl (C=O) groups excluding carboxylic acids is 1. The molecule has 4 heteroatoms. The van der Waals surface area contributed by atoms with E-state index in [1.165, 1.54) is 0 Å². The number of nitrogens with one attached hydrogen (secondary N) is 1. The summed E-state index contributed by atoms with van der Waals surface area (Å²) in [5.41, 5.74) is 7.94. The lowest BCUT2D eigenvalue weighted by atomic mass is 9.95. The molecule has 1 heterocycles. The Bertz CT molecular complexity index is 433. The van der Waals surface area contributed by atoms with Crippen molar-refractivity contribution in [3.8, 4) is 0 Å². The number of aryl methyl sites for hydroxylation is 1. The zero-order chi connectivity index (χ0) is 13.1. The molecule has 2 rings (SSSR count). The second-order valence-corrected chi connectivity index (χ2v) is 5.18. The summed E-state index contributed by atoms with van der Waals surface area (Å²) in [6, 6.07) is 8.02. The first-order valence-electron chi connectivity index (χ1n) is 6.44. The standard InChI is InChI=1S/C14H21N3O/c1-10-4-3-5-12(8-10)16-14(18)17-7-6-13(15)11(2)9-17/h3-5,8,11,13H,6-7,9,15H2,1-2H3,(H,16,18). The van der Waals surface area contributed by atoms with E-state index >= 15 is 0 Å². The molecular weight excluding hydrogens is 226 g/mol. The van der Waals surface area contributed by atoms with Crippen molar-refractivity contribution in [3.63, 3.8) is 0 Å². The van der Waals surface area contributed by atoms with Gasteiger partial charge in [-0.1, -0.05) is 19.1 Å². The Morgan fingerprint density at radius 3 is 2.94 bits per heavy atom. The van der Waals surface area contributed by atoms with Gasteiger partial charge in [0.25, 0.3) is 0 Å². The molecule has 0 aromatic heterocycles. The number of hydrogen-bond donors (Lipinski definition) is 2. The lowest BCUT2D eigenvalue weighted by Crippen LogP contribution is -2.49. The zero-order valence-electron chi connectivity index (χ0n) is 11.0. The number of likely N-dealkylation sites (tertiary alicyclic amines) is 1. The van der Waals surface area contributed by atoms with Crippen LogP contribution in [0.4, 0.5) is 10.5 Å². The van der Waals surface area contributed by atoms with Crippen molar-refractivity contribution in [3.05, 3.63) is 29.8 Å². The number of nitrogens with zero attached hydrogens (tertiary/aromatic N) is 1. The van der Waals surface area contributed by atoms with Crippen LogP contribution in [0.5, 0.6) is 0 Å². The third-order valence-electron chi connectivity index (χ3n) is 3.53. The fourth-order valence-corrected chi connectivity index (χ4v) is 2.27. The average molecular weight is 247 g/mol. The molecule has 1 aliphatic heterocycles. The van der Waals surface area contributed by atoms with Gasteiger partial charge in [-0.05, 0) is 37.0 Å². The predicted octanol–water partition coefficient (Wildman–Crippen LogP) is 2.20. The molecule has 0 spiro atoms. The van der Waals surface area contributed by atoms with Crippen LogP contribution in [-0.2, 0) is 0 Å². The van der Waals surface area contributed by atoms with E-state index < -0.39 is 0 Å². The minimum Gasteiger partial charge on any atom is -0.327 e. The minimum absolute atomic E-state index is 0.0284. The number of nitrogens with two attached hydrogens (primary N) is 1. The van der Waals surface area contributed by atoms with Crippen LogP contribution >= 0.6 is 0 Å². The molecule has 4 nitrogen and oxygen atoms in total. The van der Waals surface area contributed by atoms with Gasteiger partial charge >= 0.3 is 6.03 Å². The molecule has 1 fully saturated rings. The topological polar surface area (TPSA) is 58.4 Å². The summed E-state index contributed by atoms with van der Waals surface area (Å²) in [6.45, 7) is 5.58. The number of amides is 2. The van der Waals surface area contributed by atoms with Gasteiger partial charge in [-0.3, -0.25) is 0 Å². The van der Waals surface area contributed by atoms with E-state index in [2.05, 4.69) is 12.2 Å². The Hall–Kier alpha value is -1.55. The van der Waals surface area contributed by atoms with Crippen LogP contribution in [0.1, 0.15) is 18.9 Å². The predicted molar refractivity (Wildman–Crippen MR) is 73.5 cm³/mol. The normalized spacial score (nSPS) is 23.8. The third kappa shape index (κ3) is 3.01. The highest BCUT2D eigenvalue weighted by Gasteiger charge is 2.26. The molecular formula is C14H21N3O. The van der Waals surface area contributed by atoms with Crippen molar-refractivity contribution in [2.45, 2.75) is 26.3 Å². The summed E-state index contributed by atoms with van der Waals surface area (Å²) in [6.07, 6.45) is 0.877. The lowest BCUT2D eigenvalue weighted by molar-refractivity contribution is 0.172. The molecule has 1 aliphatic rings. The molecule has 1 aromatic rings. The van der Waals surface area contributed by atoms with E-state index in [0.717, 1.165) is 30.8 Å². The van der Waals surface area contributed by atoms with Crippen molar-refractivity contribution < 1.29 is 4.79 Å². The summed E-state index contributed by atoms with van der Waals surface area (Å²) in [5.74, 6) is 0.363. The largest absolute Gasteiger partial charge is 0.327 e. The molecule has 2 amide bonds. The first-order chi connectivity index (χ1) is 8.56. The van der Waals surface area contributed by atoms with Gasteiger partial charge in [-0.15, -0.1) is 0 Å². The molecule has 18 heavy (non-hydrogen) atoms. The molecule has 0 aliphatic carbocycles. The fraction of sp³-hybridized carbons (Fsp3) is 0.500. The second-order valence-electron chi connectivity index (χ2n) is 5.18. The number of hydrogen-bond acceptors (Lipinski definition) is 2. The Labute approximate surface area is 108 Å². The highest BCUT2D eigenvalue weighted by molar-refractivity contribution is 5.89. The van der Waals surface area contributed by atoms with Gasteiger partial charge in [0.05, 0.1) is 0 Å². The molecule has 1 aromatic carbocycles. The third-order valence-corrected chi connectivity index (χ3v) is 3.53. The quantitative estimate of drug-likeness (QED) is 0.799. The second kappa shape index (κ2) is 5.40. The maximum atomic E-state index is 12.1. The van der Waals surface area contributed by atoms with Gasteiger partial charge < -0.3 is 16.0 Å². The average Bonchev–Trinajstić information content (AvgIpc) is 2.32. The fourth-order valence-electron chi connectivity index (χ4n) is 2.27. The van der Waals surface area contributed by atoms with Crippen molar-refractivity contribution in [2.24, 2.45) is 11.7 Å². The van der Waals surface area contributed by atoms with Crippen LogP contribution in [0.25, 0.3) is 0 Å². The molecule has 3 N–H and O–H groups in total. The Balaban J connectivity index is 1.96. The molecule has 2 atom stereocenters. The van der Waals surface area contributed by atoms with Crippen molar-refractivity contribution >= 4 is 11.7 Å². The van der Waals surface area contributed by atoms with E-state index in [4.69, 9.17) is 5.73 Å². The Morgan fingerprint density at radius 2 is 2.28 bits per heavy atom. The van der Waals surface area contributed by atoms with Gasteiger partial charge in [0.15, 0.2) is 0 Å². The van der Waals surface area contributed by atoms with Gasteiger partial charge in [0, 0.05) is 24.8 Å². The number of benzene rings is 1. The zero-order valence-corrected chi connectivity index (χ0v) is 11.0. The summed E-state index contributed by atoms with van der Waals surface area (Å²) in [7, 11) is 0. The SMILES string of the molecule is Cc1cccc(NC(=O)N2CCC(N)C(C)C2)c1. The highest BCUT2D eigenvalue weighted by atomic mass is 16.2. The van der Waals surface area contributed by atoms with Crippen molar-refractivity contribution in [2.75, 3.05) is 18.4 Å². The number of piperidine rings is 1. The van der Waals surface area contributed by atoms with E-state index in [1.807, 2.05) is 36.1 Å². The van der Waals surface area contributed by atoms with Gasteiger partial charge in [0.2, 0.25) is 0 Å². The van der Waals surface area contributed by atoms with Gasteiger partial charge in [-0.25, -0.2) is 4.79 Å². The van der Waals surface area contributed by atoms with Crippen LogP contribution in [0.3, 0.4) is 0 Å². The Kier molecular flexibility index (Phi) is 3.87. The number of anilines is 1. The van der Waals surface area contributed by atoms with Crippen LogP contribution in [0, 0.1) is 12.8 Å². The van der Waals surface area contributed by atoms with E-state index in [-0.39, 0.29) is 12.1 Å². The number of urea groups is 1. The van der Waals surface area contributed by atoms with Crippen molar-refractivity contribution in [1.29, 1.82) is 0 Å². The molecule has 2 unspecified atom stereocenters. The first kappa shape index (κ1) is 12.9. The van der Waals surface area contributed by atoms with Gasteiger partial charge in [0.1, 0.15) is 0 Å². The smallest absolute Gasteiger partial charge is 0.321 e. The number of rotatable bonds is 1. The van der Waals surface area contributed by atoms with Crippen LogP contribution in [0.15, 0.2) is 24.3 Å². The van der Waals surface area contributed by atoms with E-state index in [9.17, 15) is 4.79 Å². The molecule has 1 saturated heterocycles. The molecule has 98 valence electrons. The first-order valence-corrected chi connectivity index (χ1v) is 6.44. The monoisotopic (exact) mass is 247 g/mol. The maximum Gasteiger partial charge on any atom is 0.321 e. The number of carbonyl (C=O) groups is 1. The summed E-state index contributed by atoms with van der Waals surface area (Å²) >= 11 is 0. The van der Waals surface area contributed by atoms with Crippen LogP contribution < -0.4 is 11.1 Å².